The molecule has 6 nitrogen and oxygen atoms in total. The molecule has 2 aromatic carbocycles. The second kappa shape index (κ2) is 8.80. The van der Waals surface area contributed by atoms with Gasteiger partial charge in [0.15, 0.2) is 0 Å². The van der Waals surface area contributed by atoms with Crippen LogP contribution >= 0.6 is 0 Å². The molecule has 0 bridgehead atoms. The van der Waals surface area contributed by atoms with E-state index in [9.17, 15) is 19.5 Å². The van der Waals surface area contributed by atoms with Gasteiger partial charge >= 0.3 is 11.9 Å². The largest absolute Gasteiger partial charge is 0.480 e. The number of carbonyl (C=O) groups excluding carboxylic acids is 2. The summed E-state index contributed by atoms with van der Waals surface area (Å²) in [5.41, 5.74) is 2.94. The number of esters is 1. The Morgan fingerprint density at radius 3 is 2.23 bits per heavy atom. The molecular formula is C20H21NO5. The summed E-state index contributed by atoms with van der Waals surface area (Å²) in [6, 6.07) is 12.9. The Labute approximate surface area is 151 Å². The normalized spacial score (nSPS) is 11.5. The van der Waals surface area contributed by atoms with Gasteiger partial charge in [0.05, 0.1) is 6.42 Å². The lowest BCUT2D eigenvalue weighted by molar-refractivity contribution is -0.150. The van der Waals surface area contributed by atoms with Crippen LogP contribution in [0.4, 0.5) is 0 Å². The van der Waals surface area contributed by atoms with Crippen molar-refractivity contribution < 1.29 is 24.2 Å². The van der Waals surface area contributed by atoms with Crippen LogP contribution in [0.3, 0.4) is 0 Å². The van der Waals surface area contributed by atoms with Gasteiger partial charge in [-0.05, 0) is 31.5 Å². The Morgan fingerprint density at radius 1 is 1.04 bits per heavy atom. The van der Waals surface area contributed by atoms with E-state index in [1.165, 1.54) is 0 Å². The first-order valence-electron chi connectivity index (χ1n) is 8.16. The van der Waals surface area contributed by atoms with Crippen LogP contribution in [0.5, 0.6) is 0 Å². The smallest absolute Gasteiger partial charge is 0.326 e. The fourth-order valence-corrected chi connectivity index (χ4v) is 2.51. The summed E-state index contributed by atoms with van der Waals surface area (Å²) >= 11 is 0. The molecule has 0 spiro atoms. The Bertz CT molecular complexity index is 781. The van der Waals surface area contributed by atoms with Gasteiger partial charge in [0.2, 0.25) is 0 Å². The number of amides is 1. The van der Waals surface area contributed by atoms with Crippen molar-refractivity contribution in [3.63, 3.8) is 0 Å². The maximum atomic E-state index is 12.3. The van der Waals surface area contributed by atoms with Crippen LogP contribution in [-0.2, 0) is 20.9 Å². The SMILES string of the molecule is Cc1cc(C)cc(C(=O)N[C@H](CC(=O)OCc2ccccc2)C(=O)O)c1. The Kier molecular flexibility index (Phi) is 6.49. The van der Waals surface area contributed by atoms with Crippen molar-refractivity contribution in [2.45, 2.75) is 32.9 Å². The van der Waals surface area contributed by atoms with Crippen molar-refractivity contribution in [2.75, 3.05) is 0 Å². The number of ether oxygens (including phenoxy) is 1. The van der Waals surface area contributed by atoms with Gasteiger partial charge in [-0.15, -0.1) is 0 Å². The molecule has 0 unspecified atom stereocenters. The van der Waals surface area contributed by atoms with Crippen LogP contribution in [0.25, 0.3) is 0 Å². The van der Waals surface area contributed by atoms with Crippen molar-refractivity contribution in [2.24, 2.45) is 0 Å². The number of aryl methyl sites for hydroxylation is 2. The standard InChI is InChI=1S/C20H21NO5/c1-13-8-14(2)10-16(9-13)19(23)21-17(20(24)25)11-18(22)26-12-15-6-4-3-5-7-15/h3-10,17H,11-12H2,1-2H3,(H,21,23)(H,24,25)/t17-/m1/s1. The van der Waals surface area contributed by atoms with Gasteiger partial charge in [-0.3, -0.25) is 9.59 Å². The van der Waals surface area contributed by atoms with Crippen molar-refractivity contribution in [1.29, 1.82) is 0 Å². The van der Waals surface area contributed by atoms with Crippen LogP contribution in [-0.4, -0.2) is 29.0 Å². The van der Waals surface area contributed by atoms with Crippen molar-refractivity contribution in [1.82, 2.24) is 5.32 Å². The molecule has 0 aromatic heterocycles. The lowest BCUT2D eigenvalue weighted by Crippen LogP contribution is -2.42. The number of hydrogen-bond acceptors (Lipinski definition) is 4. The summed E-state index contributed by atoms with van der Waals surface area (Å²) in [7, 11) is 0. The molecule has 0 aliphatic rings. The number of nitrogens with one attached hydrogen (secondary N) is 1. The van der Waals surface area contributed by atoms with E-state index >= 15 is 0 Å². The number of benzene rings is 2. The summed E-state index contributed by atoms with van der Waals surface area (Å²) in [6.45, 7) is 3.75. The Hall–Kier alpha value is -3.15. The van der Waals surface area contributed by atoms with Gasteiger partial charge in [-0.2, -0.15) is 0 Å². The van der Waals surface area contributed by atoms with E-state index in [1.807, 2.05) is 38.1 Å². The zero-order chi connectivity index (χ0) is 19.1. The van der Waals surface area contributed by atoms with Crippen LogP contribution in [0.15, 0.2) is 48.5 Å². The van der Waals surface area contributed by atoms with E-state index in [4.69, 9.17) is 4.74 Å². The minimum Gasteiger partial charge on any atom is -0.480 e. The lowest BCUT2D eigenvalue weighted by Gasteiger charge is -2.15. The number of carbonyl (C=O) groups is 3. The molecule has 0 fully saturated rings. The Morgan fingerprint density at radius 2 is 1.65 bits per heavy atom. The van der Waals surface area contributed by atoms with Crippen LogP contribution < -0.4 is 5.32 Å². The molecule has 2 aromatic rings. The van der Waals surface area contributed by atoms with E-state index in [1.54, 1.807) is 24.3 Å². The summed E-state index contributed by atoms with van der Waals surface area (Å²) in [5.74, 6) is -2.53. The highest BCUT2D eigenvalue weighted by atomic mass is 16.5. The average molecular weight is 355 g/mol. The first-order chi connectivity index (χ1) is 12.3. The van der Waals surface area contributed by atoms with Gasteiger partial charge < -0.3 is 15.2 Å². The van der Waals surface area contributed by atoms with Gasteiger partial charge in [0.1, 0.15) is 12.6 Å². The van der Waals surface area contributed by atoms with Gasteiger partial charge in [0.25, 0.3) is 5.91 Å². The van der Waals surface area contributed by atoms with Gasteiger partial charge in [-0.25, -0.2) is 4.79 Å². The number of rotatable bonds is 7. The van der Waals surface area contributed by atoms with Crippen molar-refractivity contribution in [3.05, 3.63) is 70.8 Å². The summed E-state index contributed by atoms with van der Waals surface area (Å²) in [5, 5.41) is 11.7. The molecule has 2 rings (SSSR count). The summed E-state index contributed by atoms with van der Waals surface area (Å²) in [6.07, 6.45) is -0.446. The third-order valence-electron chi connectivity index (χ3n) is 3.70. The molecule has 26 heavy (non-hydrogen) atoms. The molecule has 1 atom stereocenters. The number of aliphatic carboxylic acids is 1. The molecule has 6 heteroatoms. The minimum atomic E-state index is -1.36. The molecule has 2 N–H and O–H groups in total. The highest BCUT2D eigenvalue weighted by molar-refractivity contribution is 5.97. The van der Waals surface area contributed by atoms with Crippen molar-refractivity contribution >= 4 is 17.8 Å². The third kappa shape index (κ3) is 5.73. The summed E-state index contributed by atoms with van der Waals surface area (Å²) in [4.78, 5) is 35.6. The molecule has 1 amide bonds. The maximum absolute atomic E-state index is 12.3. The molecule has 0 radical (unpaired) electrons. The second-order valence-corrected chi connectivity index (χ2v) is 6.09. The molecule has 0 aliphatic heterocycles. The molecule has 0 aliphatic carbocycles. The quantitative estimate of drug-likeness (QED) is 0.745. The van der Waals surface area contributed by atoms with Crippen LogP contribution in [0.2, 0.25) is 0 Å². The molecule has 0 saturated carbocycles. The molecule has 0 heterocycles. The van der Waals surface area contributed by atoms with Crippen LogP contribution in [0, 0.1) is 13.8 Å². The minimum absolute atomic E-state index is 0.0526. The number of hydrogen-bond donors (Lipinski definition) is 2. The molecule has 136 valence electrons. The van der Waals surface area contributed by atoms with Crippen molar-refractivity contribution in [3.8, 4) is 0 Å². The Balaban J connectivity index is 1.96. The van der Waals surface area contributed by atoms with E-state index in [2.05, 4.69) is 5.32 Å². The second-order valence-electron chi connectivity index (χ2n) is 6.09. The first-order valence-corrected chi connectivity index (χ1v) is 8.16. The highest BCUT2D eigenvalue weighted by Gasteiger charge is 2.24. The highest BCUT2D eigenvalue weighted by Crippen LogP contribution is 2.10. The maximum Gasteiger partial charge on any atom is 0.326 e. The lowest BCUT2D eigenvalue weighted by atomic mass is 10.1. The molecule has 0 saturated heterocycles. The monoisotopic (exact) mass is 355 g/mol. The fourth-order valence-electron chi connectivity index (χ4n) is 2.51. The van der Waals surface area contributed by atoms with Gasteiger partial charge in [-0.1, -0.05) is 47.5 Å². The van der Waals surface area contributed by atoms with E-state index in [0.29, 0.717) is 5.56 Å². The van der Waals surface area contributed by atoms with E-state index in [-0.39, 0.29) is 6.61 Å². The summed E-state index contributed by atoms with van der Waals surface area (Å²) < 4.78 is 5.08. The first kappa shape index (κ1) is 19.2. The van der Waals surface area contributed by atoms with Gasteiger partial charge in [0, 0.05) is 5.56 Å². The zero-order valence-corrected chi connectivity index (χ0v) is 14.7. The predicted octanol–water partition coefficient (Wildman–Crippen LogP) is 2.62. The fraction of sp³-hybridized carbons (Fsp3) is 0.250. The van der Waals surface area contributed by atoms with E-state index in [0.717, 1.165) is 16.7 Å². The van der Waals surface area contributed by atoms with Crippen LogP contribution in [0.1, 0.15) is 33.5 Å². The number of carboxylic acids is 1. The third-order valence-corrected chi connectivity index (χ3v) is 3.70. The topological polar surface area (TPSA) is 92.7 Å². The molecular weight excluding hydrogens is 334 g/mol. The predicted molar refractivity (Wildman–Crippen MR) is 95.7 cm³/mol. The average Bonchev–Trinajstić information content (AvgIpc) is 2.59. The zero-order valence-electron chi connectivity index (χ0n) is 14.7. The van der Waals surface area contributed by atoms with E-state index < -0.39 is 30.3 Å². The number of carboxylic acid groups (broad SMARTS) is 1.